The molecule has 2 N–H and O–H groups in total. The number of rotatable bonds is 6. The van der Waals surface area contributed by atoms with Gasteiger partial charge in [-0.25, -0.2) is 15.0 Å². The summed E-state index contributed by atoms with van der Waals surface area (Å²) in [7, 11) is 0. The molecule has 1 aliphatic rings. The van der Waals surface area contributed by atoms with Crippen LogP contribution in [0.1, 0.15) is 31.0 Å². The first-order valence-corrected chi connectivity index (χ1v) is 10.4. The molecule has 0 atom stereocenters. The maximum absolute atomic E-state index is 4.80. The molecule has 1 aromatic carbocycles. The Balaban J connectivity index is 1.44. The SMILES string of the molecule is CC(C)n1cnc2c(NCCc3ccc4c(c3)CCN4)nc(-c3cccnc3)nc21. The van der Waals surface area contributed by atoms with Crippen LogP contribution in [0.15, 0.2) is 49.1 Å². The van der Waals surface area contributed by atoms with Crippen LogP contribution in [0.2, 0.25) is 0 Å². The van der Waals surface area contributed by atoms with E-state index < -0.39 is 0 Å². The minimum absolute atomic E-state index is 0.263. The van der Waals surface area contributed by atoms with Gasteiger partial charge < -0.3 is 15.2 Å². The van der Waals surface area contributed by atoms with E-state index >= 15 is 0 Å². The molecule has 5 rings (SSSR count). The lowest BCUT2D eigenvalue weighted by molar-refractivity contribution is 0.613. The Morgan fingerprint density at radius 3 is 2.97 bits per heavy atom. The minimum atomic E-state index is 0.263. The van der Waals surface area contributed by atoms with Crippen LogP contribution in [0.3, 0.4) is 0 Å². The highest BCUT2D eigenvalue weighted by atomic mass is 15.2. The summed E-state index contributed by atoms with van der Waals surface area (Å²) < 4.78 is 2.08. The maximum Gasteiger partial charge on any atom is 0.166 e. The monoisotopic (exact) mass is 399 g/mol. The highest BCUT2D eigenvalue weighted by Crippen LogP contribution is 2.26. The molecular weight excluding hydrogens is 374 g/mol. The minimum Gasteiger partial charge on any atom is -0.384 e. The average molecular weight is 400 g/mol. The summed E-state index contributed by atoms with van der Waals surface area (Å²) in [6.07, 6.45) is 7.41. The van der Waals surface area contributed by atoms with Crippen LogP contribution in [0.25, 0.3) is 22.6 Å². The molecule has 0 aliphatic carbocycles. The number of hydrogen-bond acceptors (Lipinski definition) is 6. The number of aromatic nitrogens is 5. The van der Waals surface area contributed by atoms with Gasteiger partial charge in [0.1, 0.15) is 5.52 Å². The molecule has 7 nitrogen and oxygen atoms in total. The molecule has 0 unspecified atom stereocenters. The molecular formula is C23H25N7. The van der Waals surface area contributed by atoms with Gasteiger partial charge in [-0.15, -0.1) is 0 Å². The number of anilines is 2. The third kappa shape index (κ3) is 3.47. The van der Waals surface area contributed by atoms with Crippen molar-refractivity contribution < 1.29 is 0 Å². The van der Waals surface area contributed by atoms with E-state index in [9.17, 15) is 0 Å². The number of pyridine rings is 1. The van der Waals surface area contributed by atoms with Gasteiger partial charge in [-0.1, -0.05) is 12.1 Å². The normalized spacial score (nSPS) is 12.9. The van der Waals surface area contributed by atoms with E-state index in [1.54, 1.807) is 12.4 Å². The van der Waals surface area contributed by atoms with E-state index in [0.717, 1.165) is 48.5 Å². The zero-order valence-electron chi connectivity index (χ0n) is 17.3. The topological polar surface area (TPSA) is 80.5 Å². The van der Waals surface area contributed by atoms with Crippen molar-refractivity contribution in [1.82, 2.24) is 24.5 Å². The van der Waals surface area contributed by atoms with Crippen LogP contribution in [0.5, 0.6) is 0 Å². The van der Waals surface area contributed by atoms with Crippen molar-refractivity contribution in [2.24, 2.45) is 0 Å². The number of imidazole rings is 1. The third-order valence-corrected chi connectivity index (χ3v) is 5.48. The van der Waals surface area contributed by atoms with Crippen LogP contribution < -0.4 is 10.6 Å². The summed E-state index contributed by atoms with van der Waals surface area (Å²) in [6.45, 7) is 6.07. The van der Waals surface area contributed by atoms with Gasteiger partial charge in [0.05, 0.1) is 6.33 Å². The van der Waals surface area contributed by atoms with Gasteiger partial charge in [0.2, 0.25) is 0 Å². The molecule has 0 bridgehead atoms. The lowest BCUT2D eigenvalue weighted by Gasteiger charge is -2.11. The first-order valence-electron chi connectivity index (χ1n) is 10.4. The lowest BCUT2D eigenvalue weighted by Crippen LogP contribution is -2.09. The summed E-state index contributed by atoms with van der Waals surface area (Å²) in [5.74, 6) is 1.42. The second-order valence-electron chi connectivity index (χ2n) is 7.90. The van der Waals surface area contributed by atoms with Gasteiger partial charge in [-0.3, -0.25) is 4.98 Å². The van der Waals surface area contributed by atoms with E-state index in [1.165, 1.54) is 16.8 Å². The van der Waals surface area contributed by atoms with Gasteiger partial charge in [-0.2, -0.15) is 0 Å². The van der Waals surface area contributed by atoms with Gasteiger partial charge in [0.25, 0.3) is 0 Å². The molecule has 0 radical (unpaired) electrons. The number of nitrogens with one attached hydrogen (secondary N) is 2. The van der Waals surface area contributed by atoms with E-state index in [0.29, 0.717) is 5.82 Å². The lowest BCUT2D eigenvalue weighted by atomic mass is 10.1. The summed E-state index contributed by atoms with van der Waals surface area (Å²) in [6, 6.07) is 10.8. The second-order valence-corrected chi connectivity index (χ2v) is 7.90. The first-order chi connectivity index (χ1) is 14.7. The third-order valence-electron chi connectivity index (χ3n) is 5.48. The average Bonchev–Trinajstić information content (AvgIpc) is 3.41. The fourth-order valence-electron chi connectivity index (χ4n) is 3.88. The highest BCUT2D eigenvalue weighted by molar-refractivity contribution is 5.85. The van der Waals surface area contributed by atoms with Gasteiger partial charge in [0.15, 0.2) is 17.3 Å². The van der Waals surface area contributed by atoms with E-state index in [1.807, 2.05) is 18.5 Å². The van der Waals surface area contributed by atoms with E-state index in [2.05, 4.69) is 57.2 Å². The molecule has 0 amide bonds. The Kier molecular flexibility index (Phi) is 4.78. The second kappa shape index (κ2) is 7.74. The van der Waals surface area contributed by atoms with E-state index in [4.69, 9.17) is 9.97 Å². The number of fused-ring (bicyclic) bond motifs is 2. The van der Waals surface area contributed by atoms with Crippen molar-refractivity contribution >= 4 is 22.7 Å². The Labute approximate surface area is 175 Å². The zero-order chi connectivity index (χ0) is 20.5. The molecule has 3 aromatic heterocycles. The summed E-state index contributed by atoms with van der Waals surface area (Å²) in [5, 5.41) is 6.92. The van der Waals surface area contributed by atoms with Gasteiger partial charge >= 0.3 is 0 Å². The van der Waals surface area contributed by atoms with Crippen LogP contribution in [-0.4, -0.2) is 37.6 Å². The first kappa shape index (κ1) is 18.5. The standard InChI is InChI=1S/C23H25N7/c1-15(2)30-14-27-20-22(28-21(29-23(20)30)18-4-3-9-24-13-18)26-10-7-16-5-6-19-17(12-16)8-11-25-19/h3-6,9,12-15,25H,7-8,10-11H2,1-2H3,(H,26,28,29). The predicted molar refractivity (Wildman–Crippen MR) is 120 cm³/mol. The Bertz CT molecular complexity index is 1180. The number of benzene rings is 1. The highest BCUT2D eigenvalue weighted by Gasteiger charge is 2.16. The van der Waals surface area contributed by atoms with Gasteiger partial charge in [0, 0.05) is 42.8 Å². The Morgan fingerprint density at radius 2 is 2.13 bits per heavy atom. The zero-order valence-corrected chi connectivity index (χ0v) is 17.3. The molecule has 0 spiro atoms. The van der Waals surface area contributed by atoms with Crippen LogP contribution in [0, 0.1) is 0 Å². The van der Waals surface area contributed by atoms with Gasteiger partial charge in [-0.05, 0) is 56.0 Å². The molecule has 0 saturated carbocycles. The number of hydrogen-bond donors (Lipinski definition) is 2. The van der Waals surface area contributed by atoms with Crippen LogP contribution in [-0.2, 0) is 12.8 Å². The molecule has 4 heterocycles. The summed E-state index contributed by atoms with van der Waals surface area (Å²) >= 11 is 0. The summed E-state index contributed by atoms with van der Waals surface area (Å²) in [5.41, 5.74) is 6.54. The number of nitrogens with zero attached hydrogens (tertiary/aromatic N) is 5. The molecule has 7 heteroatoms. The van der Waals surface area contributed by atoms with Crippen LogP contribution >= 0.6 is 0 Å². The largest absolute Gasteiger partial charge is 0.384 e. The van der Waals surface area contributed by atoms with Crippen molar-refractivity contribution in [2.75, 3.05) is 23.7 Å². The van der Waals surface area contributed by atoms with Crippen molar-refractivity contribution in [1.29, 1.82) is 0 Å². The fourth-order valence-corrected chi connectivity index (χ4v) is 3.88. The maximum atomic E-state index is 4.80. The fraction of sp³-hybridized carbons (Fsp3) is 0.304. The smallest absolute Gasteiger partial charge is 0.166 e. The van der Waals surface area contributed by atoms with Crippen molar-refractivity contribution in [3.05, 3.63) is 60.2 Å². The Hall–Kier alpha value is -3.48. The molecule has 30 heavy (non-hydrogen) atoms. The molecule has 1 aliphatic heterocycles. The van der Waals surface area contributed by atoms with Crippen molar-refractivity contribution in [3.63, 3.8) is 0 Å². The summed E-state index contributed by atoms with van der Waals surface area (Å²) in [4.78, 5) is 18.4. The van der Waals surface area contributed by atoms with Crippen molar-refractivity contribution in [3.8, 4) is 11.4 Å². The quantitative estimate of drug-likeness (QED) is 0.508. The molecule has 4 aromatic rings. The Morgan fingerprint density at radius 1 is 1.20 bits per heavy atom. The molecule has 152 valence electrons. The van der Waals surface area contributed by atoms with Crippen LogP contribution in [0.4, 0.5) is 11.5 Å². The molecule has 0 fully saturated rings. The molecule has 0 saturated heterocycles. The predicted octanol–water partition coefficient (Wildman–Crippen LogP) is 4.09. The van der Waals surface area contributed by atoms with Crippen molar-refractivity contribution in [2.45, 2.75) is 32.7 Å². The van der Waals surface area contributed by atoms with E-state index in [-0.39, 0.29) is 6.04 Å².